The molecular formula is C22H20N2O4. The molecule has 2 amide bonds. The Balaban J connectivity index is 1.60. The first-order chi connectivity index (χ1) is 13.7. The normalized spacial score (nSPS) is 10.0. The minimum absolute atomic E-state index is 0.171. The summed E-state index contributed by atoms with van der Waals surface area (Å²) in [7, 11) is 1.53. The second-order valence-electron chi connectivity index (χ2n) is 5.87. The molecule has 0 aliphatic carbocycles. The van der Waals surface area contributed by atoms with Crippen LogP contribution in [0.1, 0.15) is 10.4 Å². The number of carbonyl (C=O) groups is 2. The summed E-state index contributed by atoms with van der Waals surface area (Å²) < 4.78 is 10.9. The van der Waals surface area contributed by atoms with E-state index < -0.39 is 0 Å². The number of methoxy groups -OCH3 is 1. The van der Waals surface area contributed by atoms with Gasteiger partial charge >= 0.3 is 0 Å². The van der Waals surface area contributed by atoms with Crippen molar-refractivity contribution in [1.29, 1.82) is 0 Å². The number of para-hydroxylation sites is 3. The summed E-state index contributed by atoms with van der Waals surface area (Å²) in [4.78, 5) is 24.5. The lowest BCUT2D eigenvalue weighted by Crippen LogP contribution is -2.32. The van der Waals surface area contributed by atoms with Gasteiger partial charge in [-0.15, -0.1) is 0 Å². The number of hydrogen-bond donors (Lipinski definition) is 2. The molecule has 3 rings (SSSR count). The number of benzene rings is 3. The van der Waals surface area contributed by atoms with Crippen LogP contribution >= 0.6 is 0 Å². The standard InChI is InChI=1S/C22H20N2O4/c1-27-18-11-7-8-16(14-18)22(26)23-15-21(25)24-19-12-5-6-13-20(19)28-17-9-3-2-4-10-17/h2-14H,15H2,1H3,(H,23,26)(H,24,25). The third-order valence-electron chi connectivity index (χ3n) is 3.87. The maximum Gasteiger partial charge on any atom is 0.251 e. The highest BCUT2D eigenvalue weighted by atomic mass is 16.5. The van der Waals surface area contributed by atoms with Crippen molar-refractivity contribution in [3.63, 3.8) is 0 Å². The number of carbonyl (C=O) groups excluding carboxylic acids is 2. The molecule has 0 fully saturated rings. The van der Waals surface area contributed by atoms with E-state index in [4.69, 9.17) is 9.47 Å². The van der Waals surface area contributed by atoms with Crippen LogP contribution in [0, 0.1) is 0 Å². The molecule has 0 aromatic heterocycles. The number of rotatable bonds is 7. The van der Waals surface area contributed by atoms with Crippen LogP contribution in [0.15, 0.2) is 78.9 Å². The van der Waals surface area contributed by atoms with Crippen LogP contribution in [0.5, 0.6) is 17.2 Å². The van der Waals surface area contributed by atoms with Crippen molar-refractivity contribution >= 4 is 17.5 Å². The Bertz CT molecular complexity index is 958. The summed E-state index contributed by atoms with van der Waals surface area (Å²) in [6, 6.07) is 23.1. The van der Waals surface area contributed by atoms with Crippen molar-refractivity contribution in [2.45, 2.75) is 0 Å². The Labute approximate surface area is 163 Å². The van der Waals surface area contributed by atoms with E-state index in [1.54, 1.807) is 42.5 Å². The third kappa shape index (κ3) is 5.11. The lowest BCUT2D eigenvalue weighted by atomic mass is 10.2. The van der Waals surface area contributed by atoms with Crippen molar-refractivity contribution in [2.24, 2.45) is 0 Å². The van der Waals surface area contributed by atoms with Gasteiger partial charge in [0.15, 0.2) is 5.75 Å². The first-order valence-corrected chi connectivity index (χ1v) is 8.70. The average molecular weight is 376 g/mol. The number of hydrogen-bond acceptors (Lipinski definition) is 4. The van der Waals surface area contributed by atoms with Crippen molar-refractivity contribution in [3.8, 4) is 17.2 Å². The predicted molar refractivity (Wildman–Crippen MR) is 107 cm³/mol. The lowest BCUT2D eigenvalue weighted by Gasteiger charge is -2.12. The van der Waals surface area contributed by atoms with Crippen LogP contribution in [0.2, 0.25) is 0 Å². The van der Waals surface area contributed by atoms with Crippen molar-refractivity contribution < 1.29 is 19.1 Å². The summed E-state index contributed by atoms with van der Waals surface area (Å²) in [6.07, 6.45) is 0. The molecule has 3 aromatic carbocycles. The Morgan fingerprint density at radius 1 is 0.857 bits per heavy atom. The molecule has 0 aliphatic rings. The van der Waals surface area contributed by atoms with Gasteiger partial charge in [0.2, 0.25) is 5.91 Å². The molecule has 6 heteroatoms. The number of nitrogens with one attached hydrogen (secondary N) is 2. The van der Waals surface area contributed by atoms with Crippen LogP contribution in [0.4, 0.5) is 5.69 Å². The average Bonchev–Trinajstić information content (AvgIpc) is 2.74. The highest BCUT2D eigenvalue weighted by Gasteiger charge is 2.11. The zero-order valence-corrected chi connectivity index (χ0v) is 15.3. The summed E-state index contributed by atoms with van der Waals surface area (Å²) in [6.45, 7) is -0.171. The maximum absolute atomic E-state index is 12.3. The summed E-state index contributed by atoms with van der Waals surface area (Å²) in [5.41, 5.74) is 0.937. The van der Waals surface area contributed by atoms with Crippen LogP contribution in [0.25, 0.3) is 0 Å². The van der Waals surface area contributed by atoms with Crippen LogP contribution in [0.3, 0.4) is 0 Å². The monoisotopic (exact) mass is 376 g/mol. The molecule has 6 nitrogen and oxygen atoms in total. The summed E-state index contributed by atoms with van der Waals surface area (Å²) >= 11 is 0. The Morgan fingerprint density at radius 2 is 1.57 bits per heavy atom. The van der Waals surface area contributed by atoms with Crippen LogP contribution in [-0.2, 0) is 4.79 Å². The molecule has 0 aliphatic heterocycles. The molecule has 2 N–H and O–H groups in total. The molecule has 3 aromatic rings. The zero-order valence-electron chi connectivity index (χ0n) is 15.3. The largest absolute Gasteiger partial charge is 0.497 e. The third-order valence-corrected chi connectivity index (χ3v) is 3.87. The van der Waals surface area contributed by atoms with E-state index in [9.17, 15) is 9.59 Å². The first-order valence-electron chi connectivity index (χ1n) is 8.70. The smallest absolute Gasteiger partial charge is 0.251 e. The van der Waals surface area contributed by atoms with Gasteiger partial charge in [-0.25, -0.2) is 0 Å². The fraction of sp³-hybridized carbons (Fsp3) is 0.0909. The Kier molecular flexibility index (Phi) is 6.25. The van der Waals surface area contributed by atoms with Crippen LogP contribution < -0.4 is 20.1 Å². The van der Waals surface area contributed by atoms with E-state index >= 15 is 0 Å². The second kappa shape index (κ2) is 9.23. The molecule has 0 radical (unpaired) electrons. The number of ether oxygens (including phenoxy) is 2. The number of anilines is 1. The highest BCUT2D eigenvalue weighted by molar-refractivity contribution is 6.00. The second-order valence-corrected chi connectivity index (χ2v) is 5.87. The van der Waals surface area contributed by atoms with Crippen molar-refractivity contribution in [3.05, 3.63) is 84.4 Å². The van der Waals surface area contributed by atoms with Gasteiger partial charge in [0.1, 0.15) is 11.5 Å². The van der Waals surface area contributed by atoms with E-state index in [2.05, 4.69) is 10.6 Å². The summed E-state index contributed by atoms with van der Waals surface area (Å²) in [5.74, 6) is 1.03. The first kappa shape index (κ1) is 19.0. The van der Waals surface area contributed by atoms with Gasteiger partial charge in [-0.2, -0.15) is 0 Å². The molecule has 0 saturated heterocycles. The van der Waals surface area contributed by atoms with Gasteiger partial charge in [0.05, 0.1) is 19.3 Å². The topological polar surface area (TPSA) is 76.7 Å². The quantitative estimate of drug-likeness (QED) is 0.657. The molecule has 0 heterocycles. The minimum atomic E-state index is -0.361. The fourth-order valence-electron chi connectivity index (χ4n) is 2.50. The number of amides is 2. The zero-order chi connectivity index (χ0) is 19.8. The van der Waals surface area contributed by atoms with Gasteiger partial charge in [0, 0.05) is 5.56 Å². The van der Waals surface area contributed by atoms with E-state index in [1.807, 2.05) is 36.4 Å². The Morgan fingerprint density at radius 3 is 2.36 bits per heavy atom. The highest BCUT2D eigenvalue weighted by Crippen LogP contribution is 2.28. The van der Waals surface area contributed by atoms with E-state index in [-0.39, 0.29) is 18.4 Å². The molecule has 0 saturated carbocycles. The molecule has 28 heavy (non-hydrogen) atoms. The van der Waals surface area contributed by atoms with E-state index in [1.165, 1.54) is 7.11 Å². The molecule has 0 bridgehead atoms. The molecule has 0 unspecified atom stereocenters. The molecule has 0 atom stereocenters. The molecule has 0 spiro atoms. The van der Waals surface area contributed by atoms with E-state index in [0.29, 0.717) is 28.5 Å². The van der Waals surface area contributed by atoms with Gasteiger partial charge in [0.25, 0.3) is 5.91 Å². The van der Waals surface area contributed by atoms with Gasteiger partial charge in [-0.05, 0) is 42.5 Å². The fourth-order valence-corrected chi connectivity index (χ4v) is 2.50. The van der Waals surface area contributed by atoms with Gasteiger partial charge < -0.3 is 20.1 Å². The lowest BCUT2D eigenvalue weighted by molar-refractivity contribution is -0.115. The van der Waals surface area contributed by atoms with Crippen molar-refractivity contribution in [2.75, 3.05) is 19.0 Å². The molecule has 142 valence electrons. The predicted octanol–water partition coefficient (Wildman–Crippen LogP) is 3.86. The van der Waals surface area contributed by atoms with Crippen molar-refractivity contribution in [1.82, 2.24) is 5.32 Å². The minimum Gasteiger partial charge on any atom is -0.497 e. The van der Waals surface area contributed by atoms with Crippen LogP contribution in [-0.4, -0.2) is 25.5 Å². The van der Waals surface area contributed by atoms with Gasteiger partial charge in [-0.1, -0.05) is 36.4 Å². The molecular weight excluding hydrogens is 356 g/mol. The SMILES string of the molecule is COc1cccc(C(=O)NCC(=O)Nc2ccccc2Oc2ccccc2)c1. The van der Waals surface area contributed by atoms with Gasteiger partial charge in [-0.3, -0.25) is 9.59 Å². The maximum atomic E-state index is 12.3. The van der Waals surface area contributed by atoms with E-state index in [0.717, 1.165) is 0 Å². The Hall–Kier alpha value is -3.80. The summed E-state index contributed by atoms with van der Waals surface area (Å²) in [5, 5.41) is 5.35.